The summed E-state index contributed by atoms with van der Waals surface area (Å²) in [7, 11) is -9.18. The van der Waals surface area contributed by atoms with Gasteiger partial charge in [0.05, 0.1) is 13.2 Å². The van der Waals surface area contributed by atoms with E-state index in [2.05, 4.69) is 141 Å². The lowest BCUT2D eigenvalue weighted by Crippen LogP contribution is -2.48. The van der Waals surface area contributed by atoms with Crippen LogP contribution in [0.15, 0.2) is 48.5 Å². The molecule has 2 radical (unpaired) electrons. The SMILES string of the molecule is C[Si](C)O[Si](C)(C)O[Si](C)(C)CCCOc1ccc(C(C)(C)c2ccc(OCCC[Si](C)(C)O[Si](C)(C)O[Si](C)C)cc2)cc1. The molecular weight excluding hydrogens is 661 g/mol. The van der Waals surface area contributed by atoms with Crippen LogP contribution in [0.5, 0.6) is 11.5 Å². The second kappa shape index (κ2) is 17.0. The zero-order chi connectivity index (χ0) is 34.1. The molecule has 6 nitrogen and oxygen atoms in total. The predicted molar refractivity (Wildman–Crippen MR) is 204 cm³/mol. The molecule has 2 rings (SSSR count). The molecule has 0 heterocycles. The molecule has 0 N–H and O–H groups in total. The monoisotopic (exact) mass is 722 g/mol. The molecule has 0 aliphatic heterocycles. The van der Waals surface area contributed by atoms with E-state index in [0.29, 0.717) is 13.2 Å². The maximum absolute atomic E-state index is 6.56. The van der Waals surface area contributed by atoms with Crippen LogP contribution in [0.3, 0.4) is 0 Å². The summed E-state index contributed by atoms with van der Waals surface area (Å²) in [6, 6.07) is 19.3. The van der Waals surface area contributed by atoms with Crippen molar-refractivity contribution < 1.29 is 25.9 Å². The van der Waals surface area contributed by atoms with Gasteiger partial charge in [0.2, 0.25) is 0 Å². The van der Waals surface area contributed by atoms with Gasteiger partial charge in [0.1, 0.15) is 11.5 Å². The lowest BCUT2D eigenvalue weighted by atomic mass is 9.78. The van der Waals surface area contributed by atoms with Crippen molar-refractivity contribution in [2.75, 3.05) is 13.2 Å². The minimum absolute atomic E-state index is 0.134. The second-order valence-corrected chi connectivity index (χ2v) is 35.7. The van der Waals surface area contributed by atoms with Crippen molar-refractivity contribution in [2.24, 2.45) is 0 Å². The molecule has 0 aromatic heterocycles. The van der Waals surface area contributed by atoms with Crippen molar-refractivity contribution in [3.05, 3.63) is 59.7 Å². The van der Waals surface area contributed by atoms with Gasteiger partial charge in [0.25, 0.3) is 0 Å². The van der Waals surface area contributed by atoms with Crippen LogP contribution in [0.25, 0.3) is 0 Å². The summed E-state index contributed by atoms with van der Waals surface area (Å²) in [5.74, 6) is 1.83. The van der Waals surface area contributed by atoms with Crippen molar-refractivity contribution in [1.82, 2.24) is 0 Å². The molecule has 0 spiro atoms. The van der Waals surface area contributed by atoms with E-state index in [1.54, 1.807) is 0 Å². The topological polar surface area (TPSA) is 55.4 Å². The summed E-state index contributed by atoms with van der Waals surface area (Å²) in [5.41, 5.74) is 2.38. The number of ether oxygens (including phenoxy) is 2. The van der Waals surface area contributed by atoms with Crippen molar-refractivity contribution in [2.45, 2.75) is 123 Å². The fourth-order valence-electron chi connectivity index (χ4n) is 5.94. The molecule has 12 heteroatoms. The Labute approximate surface area is 283 Å². The van der Waals surface area contributed by atoms with E-state index in [-0.39, 0.29) is 5.41 Å². The molecule has 254 valence electrons. The molecule has 0 saturated heterocycles. The predicted octanol–water partition coefficient (Wildman–Crippen LogP) is 9.93. The van der Waals surface area contributed by atoms with Crippen LogP contribution in [0.1, 0.15) is 37.8 Å². The molecular formula is C33H62O6Si6. The standard InChI is InChI=1S/C33H62O6Si6/c1-33(2,29-17-21-31(22-18-29)34-25-15-27-42(7,8)38-44(11,12)36-40(3)4)30-19-23-32(24-20-30)35-26-16-28-43(9,10)39-45(13,14)37-41(5)6/h17-24H,15-16,25-28H2,1-14H3. The third-order valence-electron chi connectivity index (χ3n) is 7.48. The molecule has 0 unspecified atom stereocenters. The largest absolute Gasteiger partial charge is 0.494 e. The Morgan fingerprint density at radius 3 is 1.13 bits per heavy atom. The highest BCUT2D eigenvalue weighted by Gasteiger charge is 2.36. The zero-order valence-electron chi connectivity index (χ0n) is 30.8. The lowest BCUT2D eigenvalue weighted by Gasteiger charge is -2.34. The van der Waals surface area contributed by atoms with Gasteiger partial charge in [0, 0.05) is 5.41 Å². The first-order valence-corrected chi connectivity index (χ1v) is 33.1. The molecule has 2 aromatic carbocycles. The maximum Gasteiger partial charge on any atom is 0.311 e. The summed E-state index contributed by atoms with van der Waals surface area (Å²) in [4.78, 5) is 0. The molecule has 0 aliphatic rings. The van der Waals surface area contributed by atoms with Gasteiger partial charge in [-0.05, 0) is 139 Å². The molecule has 0 amide bonds. The van der Waals surface area contributed by atoms with Gasteiger partial charge < -0.3 is 25.9 Å². The molecule has 0 saturated carbocycles. The van der Waals surface area contributed by atoms with Gasteiger partial charge in [-0.2, -0.15) is 0 Å². The second-order valence-electron chi connectivity index (χ2n) is 15.1. The van der Waals surface area contributed by atoms with Crippen molar-refractivity contribution in [1.29, 1.82) is 0 Å². The summed E-state index contributed by atoms with van der Waals surface area (Å²) >= 11 is 0. The fourth-order valence-corrected chi connectivity index (χ4v) is 28.3. The van der Waals surface area contributed by atoms with E-state index in [1.807, 2.05) is 0 Å². The van der Waals surface area contributed by atoms with Gasteiger partial charge in [-0.3, -0.25) is 0 Å². The van der Waals surface area contributed by atoms with E-state index in [9.17, 15) is 0 Å². The van der Waals surface area contributed by atoms with Crippen LogP contribution in [-0.2, 0) is 21.9 Å². The molecule has 0 aliphatic carbocycles. The van der Waals surface area contributed by atoms with E-state index >= 15 is 0 Å². The Hall–Kier alpha value is -0.819. The highest BCUT2D eigenvalue weighted by Crippen LogP contribution is 2.33. The molecule has 45 heavy (non-hydrogen) atoms. The zero-order valence-corrected chi connectivity index (χ0v) is 36.8. The smallest absolute Gasteiger partial charge is 0.311 e. The number of rotatable bonds is 20. The van der Waals surface area contributed by atoms with E-state index in [4.69, 9.17) is 25.9 Å². The van der Waals surface area contributed by atoms with Gasteiger partial charge in [0.15, 0.2) is 34.7 Å². The third kappa shape index (κ3) is 15.3. The van der Waals surface area contributed by atoms with Crippen LogP contribution >= 0.6 is 0 Å². The molecule has 0 bridgehead atoms. The average molecular weight is 723 g/mol. The van der Waals surface area contributed by atoms with Gasteiger partial charge in [-0.25, -0.2) is 0 Å². The van der Waals surface area contributed by atoms with Crippen LogP contribution < -0.4 is 9.47 Å². The van der Waals surface area contributed by atoms with Crippen molar-refractivity contribution >= 4 is 51.8 Å². The number of hydrogen-bond donors (Lipinski definition) is 0. The lowest BCUT2D eigenvalue weighted by molar-refractivity contribution is 0.313. The first-order valence-electron chi connectivity index (χ1n) is 16.5. The number of hydrogen-bond acceptors (Lipinski definition) is 6. The van der Waals surface area contributed by atoms with Crippen LogP contribution in [0, 0.1) is 0 Å². The Bertz CT molecular complexity index is 1060. The van der Waals surface area contributed by atoms with Crippen molar-refractivity contribution in [3.63, 3.8) is 0 Å². The van der Waals surface area contributed by atoms with Gasteiger partial charge in [-0.15, -0.1) is 0 Å². The Morgan fingerprint density at radius 2 is 0.844 bits per heavy atom. The van der Waals surface area contributed by atoms with E-state index < -0.39 is 51.8 Å². The quantitative estimate of drug-likeness (QED) is 0.100. The molecule has 0 fully saturated rings. The van der Waals surface area contributed by atoms with Crippen LogP contribution in [0.4, 0.5) is 0 Å². The van der Waals surface area contributed by atoms with Crippen molar-refractivity contribution in [3.8, 4) is 11.5 Å². The van der Waals surface area contributed by atoms with E-state index in [0.717, 1.165) is 36.4 Å². The van der Waals surface area contributed by atoms with Gasteiger partial charge >= 0.3 is 17.1 Å². The molecule has 2 aromatic rings. The maximum atomic E-state index is 6.56. The Balaban J connectivity index is 1.83. The average Bonchev–Trinajstić information content (AvgIpc) is 2.87. The minimum atomic E-state index is -2.05. The Kier molecular flexibility index (Phi) is 15.3. The number of benzene rings is 2. The van der Waals surface area contributed by atoms with Gasteiger partial charge in [-0.1, -0.05) is 38.1 Å². The van der Waals surface area contributed by atoms with Crippen LogP contribution in [0.2, 0.25) is 90.7 Å². The highest BCUT2D eigenvalue weighted by atomic mass is 28.5. The highest BCUT2D eigenvalue weighted by molar-refractivity contribution is 6.85. The van der Waals surface area contributed by atoms with Crippen LogP contribution in [-0.4, -0.2) is 65.1 Å². The summed E-state index contributed by atoms with van der Waals surface area (Å²) in [6.07, 6.45) is 1.98. The Morgan fingerprint density at radius 1 is 0.533 bits per heavy atom. The first-order chi connectivity index (χ1) is 20.6. The fraction of sp³-hybridized carbons (Fsp3) is 0.636. The summed E-state index contributed by atoms with van der Waals surface area (Å²) in [6.45, 7) is 32.5. The van der Waals surface area contributed by atoms with E-state index in [1.165, 1.54) is 11.1 Å². The summed E-state index contributed by atoms with van der Waals surface area (Å²) < 4.78 is 37.7. The summed E-state index contributed by atoms with van der Waals surface area (Å²) in [5, 5.41) is 0. The minimum Gasteiger partial charge on any atom is -0.494 e. The molecule has 0 atom stereocenters. The normalized spacial score (nSPS) is 13.5. The third-order valence-corrected chi connectivity index (χ3v) is 26.1. The first kappa shape index (κ1) is 40.4.